The van der Waals surface area contributed by atoms with Gasteiger partial charge in [-0.05, 0) is 32.8 Å². The zero-order chi connectivity index (χ0) is 14.0. The smallest absolute Gasteiger partial charge is 0.213 e. The second-order valence-electron chi connectivity index (χ2n) is 5.25. The van der Waals surface area contributed by atoms with E-state index in [2.05, 4.69) is 31.1 Å². The van der Waals surface area contributed by atoms with Crippen LogP contribution in [0.2, 0.25) is 0 Å². The molecule has 1 aromatic heterocycles. The Morgan fingerprint density at radius 2 is 1.95 bits per heavy atom. The Kier molecular flexibility index (Phi) is 3.93. The first-order valence-electron chi connectivity index (χ1n) is 6.92. The number of nitrogens with zero attached hydrogens (tertiary/aromatic N) is 2. The molecule has 0 amide bonds. The molecule has 0 unspecified atom stereocenters. The Balaban J connectivity index is 2.62. The second-order valence-corrected chi connectivity index (χ2v) is 5.25. The number of aromatic hydroxyl groups is 1. The molecule has 0 saturated carbocycles. The van der Waals surface area contributed by atoms with E-state index in [0.717, 1.165) is 29.7 Å². The molecule has 1 aromatic carbocycles. The molecule has 1 heterocycles. The van der Waals surface area contributed by atoms with E-state index in [1.165, 1.54) is 5.56 Å². The van der Waals surface area contributed by atoms with Crippen molar-refractivity contribution in [1.29, 1.82) is 0 Å². The number of aromatic nitrogens is 2. The van der Waals surface area contributed by atoms with E-state index in [1.54, 1.807) is 4.68 Å². The predicted molar refractivity (Wildman–Crippen MR) is 78.4 cm³/mol. The van der Waals surface area contributed by atoms with Crippen LogP contribution in [0.5, 0.6) is 5.88 Å². The fraction of sp³-hybridized carbons (Fsp3) is 0.438. The van der Waals surface area contributed by atoms with E-state index >= 15 is 0 Å². The lowest BCUT2D eigenvalue weighted by molar-refractivity contribution is 0.373. The van der Waals surface area contributed by atoms with Gasteiger partial charge in [0, 0.05) is 11.1 Å². The van der Waals surface area contributed by atoms with Gasteiger partial charge in [0.15, 0.2) is 0 Å². The number of hydrogen-bond donors (Lipinski definition) is 1. The predicted octanol–water partition coefficient (Wildman–Crippen LogP) is 4.10. The van der Waals surface area contributed by atoms with Crippen LogP contribution in [0.1, 0.15) is 44.4 Å². The summed E-state index contributed by atoms with van der Waals surface area (Å²) in [6, 6.07) is 8.35. The number of rotatable bonds is 4. The third-order valence-electron chi connectivity index (χ3n) is 3.37. The van der Waals surface area contributed by atoms with E-state index in [0.29, 0.717) is 5.88 Å². The van der Waals surface area contributed by atoms with Crippen LogP contribution in [-0.4, -0.2) is 14.9 Å². The van der Waals surface area contributed by atoms with Crippen molar-refractivity contribution in [2.75, 3.05) is 0 Å². The van der Waals surface area contributed by atoms with Gasteiger partial charge >= 0.3 is 0 Å². The molecule has 0 bridgehead atoms. The third kappa shape index (κ3) is 2.50. The van der Waals surface area contributed by atoms with Crippen molar-refractivity contribution < 1.29 is 5.11 Å². The zero-order valence-corrected chi connectivity index (χ0v) is 12.1. The molecule has 0 atom stereocenters. The molecular formula is C16H22N2O. The van der Waals surface area contributed by atoms with Crippen LogP contribution in [0.4, 0.5) is 0 Å². The lowest BCUT2D eigenvalue weighted by Crippen LogP contribution is -2.02. The van der Waals surface area contributed by atoms with Gasteiger partial charge in [0.05, 0.1) is 11.7 Å². The summed E-state index contributed by atoms with van der Waals surface area (Å²) in [6.07, 6.45) is 1.85. The Morgan fingerprint density at radius 3 is 2.53 bits per heavy atom. The molecule has 102 valence electrons. The second kappa shape index (κ2) is 5.47. The first-order valence-corrected chi connectivity index (χ1v) is 6.92. The molecule has 0 saturated heterocycles. The molecule has 0 radical (unpaired) electrons. The summed E-state index contributed by atoms with van der Waals surface area (Å²) in [6.45, 7) is 8.26. The van der Waals surface area contributed by atoms with Crippen LogP contribution in [0.15, 0.2) is 24.3 Å². The van der Waals surface area contributed by atoms with Gasteiger partial charge in [-0.1, -0.05) is 37.6 Å². The van der Waals surface area contributed by atoms with Crippen molar-refractivity contribution >= 4 is 0 Å². The quantitative estimate of drug-likeness (QED) is 0.896. The molecule has 0 spiro atoms. The molecule has 0 aliphatic carbocycles. The molecule has 0 aliphatic heterocycles. The fourth-order valence-electron chi connectivity index (χ4n) is 2.35. The summed E-state index contributed by atoms with van der Waals surface area (Å²) in [7, 11) is 0. The van der Waals surface area contributed by atoms with Crippen LogP contribution in [0.25, 0.3) is 11.3 Å². The van der Waals surface area contributed by atoms with Crippen molar-refractivity contribution in [2.45, 2.75) is 46.6 Å². The van der Waals surface area contributed by atoms with Crippen LogP contribution in [0.3, 0.4) is 0 Å². The minimum absolute atomic E-state index is 0.161. The van der Waals surface area contributed by atoms with E-state index in [4.69, 9.17) is 0 Å². The fourth-order valence-corrected chi connectivity index (χ4v) is 2.35. The van der Waals surface area contributed by atoms with Crippen molar-refractivity contribution in [2.24, 2.45) is 0 Å². The highest BCUT2D eigenvalue weighted by Gasteiger charge is 2.20. The van der Waals surface area contributed by atoms with Gasteiger partial charge in [0.25, 0.3) is 0 Å². The summed E-state index contributed by atoms with van der Waals surface area (Å²) in [5, 5.41) is 15.0. The zero-order valence-electron chi connectivity index (χ0n) is 12.1. The van der Waals surface area contributed by atoms with Crippen LogP contribution >= 0.6 is 0 Å². The lowest BCUT2D eigenvalue weighted by Gasteiger charge is -2.06. The minimum atomic E-state index is 0.161. The summed E-state index contributed by atoms with van der Waals surface area (Å²) >= 11 is 0. The first-order chi connectivity index (χ1) is 9.06. The molecule has 2 aromatic rings. The van der Waals surface area contributed by atoms with Gasteiger partial charge in [0.2, 0.25) is 5.88 Å². The number of hydrogen-bond acceptors (Lipinski definition) is 2. The van der Waals surface area contributed by atoms with Gasteiger partial charge in [-0.15, -0.1) is 0 Å². The van der Waals surface area contributed by atoms with Crippen molar-refractivity contribution in [3.63, 3.8) is 0 Å². The number of aryl methyl sites for hydroxylation is 1. The van der Waals surface area contributed by atoms with Gasteiger partial charge < -0.3 is 5.11 Å². The standard InChI is InChI=1S/C16H22N2O/c1-5-8-14-15(13-10-7-6-9-12(13)4)17-18(11(2)3)16(14)19/h6-7,9-11,19H,5,8H2,1-4H3. The first kappa shape index (κ1) is 13.7. The maximum absolute atomic E-state index is 10.4. The summed E-state index contributed by atoms with van der Waals surface area (Å²) in [5.41, 5.74) is 4.19. The maximum Gasteiger partial charge on any atom is 0.213 e. The van der Waals surface area contributed by atoms with Gasteiger partial charge in [-0.2, -0.15) is 5.10 Å². The molecule has 0 aliphatic rings. The van der Waals surface area contributed by atoms with E-state index in [9.17, 15) is 5.11 Å². The summed E-state index contributed by atoms with van der Waals surface area (Å²) in [4.78, 5) is 0. The largest absolute Gasteiger partial charge is 0.493 e. The molecule has 3 nitrogen and oxygen atoms in total. The van der Waals surface area contributed by atoms with Crippen molar-refractivity contribution in [1.82, 2.24) is 9.78 Å². The Labute approximate surface area is 114 Å². The monoisotopic (exact) mass is 258 g/mol. The SMILES string of the molecule is CCCc1c(-c2ccccc2C)nn(C(C)C)c1O. The van der Waals surface area contributed by atoms with Gasteiger partial charge in [-0.25, -0.2) is 4.68 Å². The average molecular weight is 258 g/mol. The summed E-state index contributed by atoms with van der Waals surface area (Å²) < 4.78 is 1.72. The topological polar surface area (TPSA) is 38.0 Å². The molecule has 3 heteroatoms. The molecule has 0 fully saturated rings. The Morgan fingerprint density at radius 1 is 1.26 bits per heavy atom. The van der Waals surface area contributed by atoms with Crippen molar-refractivity contribution in [3.8, 4) is 17.1 Å². The molecular weight excluding hydrogens is 236 g/mol. The van der Waals surface area contributed by atoms with Gasteiger partial charge in [0.1, 0.15) is 0 Å². The summed E-state index contributed by atoms with van der Waals surface area (Å²) in [5.74, 6) is 0.315. The third-order valence-corrected chi connectivity index (χ3v) is 3.37. The minimum Gasteiger partial charge on any atom is -0.493 e. The highest BCUT2D eigenvalue weighted by Crippen LogP contribution is 2.34. The lowest BCUT2D eigenvalue weighted by atomic mass is 10.0. The van der Waals surface area contributed by atoms with Crippen LogP contribution in [0, 0.1) is 6.92 Å². The average Bonchev–Trinajstić information content (AvgIpc) is 2.69. The van der Waals surface area contributed by atoms with Crippen LogP contribution < -0.4 is 0 Å². The van der Waals surface area contributed by atoms with E-state index < -0.39 is 0 Å². The number of benzene rings is 1. The van der Waals surface area contributed by atoms with Gasteiger partial charge in [-0.3, -0.25) is 0 Å². The van der Waals surface area contributed by atoms with Crippen LogP contribution in [-0.2, 0) is 6.42 Å². The highest BCUT2D eigenvalue weighted by atomic mass is 16.3. The molecule has 1 N–H and O–H groups in total. The van der Waals surface area contributed by atoms with Crippen molar-refractivity contribution in [3.05, 3.63) is 35.4 Å². The van der Waals surface area contributed by atoms with E-state index in [-0.39, 0.29) is 6.04 Å². The Bertz CT molecular complexity index is 570. The Hall–Kier alpha value is -1.77. The maximum atomic E-state index is 10.4. The molecule has 2 rings (SSSR count). The van der Waals surface area contributed by atoms with E-state index in [1.807, 2.05) is 26.0 Å². The molecule has 19 heavy (non-hydrogen) atoms. The normalized spacial score (nSPS) is 11.2. The highest BCUT2D eigenvalue weighted by molar-refractivity contribution is 5.68.